The lowest BCUT2D eigenvalue weighted by molar-refractivity contribution is -0.127. The van der Waals surface area contributed by atoms with Crippen molar-refractivity contribution in [3.05, 3.63) is 0 Å². The summed E-state index contributed by atoms with van der Waals surface area (Å²) in [6, 6.07) is 0. The van der Waals surface area contributed by atoms with Crippen molar-refractivity contribution in [2.45, 2.75) is 63.0 Å². The highest BCUT2D eigenvalue weighted by atomic mass is 16.7. The molecule has 0 aromatic heterocycles. The Hall–Kier alpha value is -1.24. The summed E-state index contributed by atoms with van der Waals surface area (Å²) in [5, 5.41) is 42.3. The second-order valence-electron chi connectivity index (χ2n) is 7.09. The summed E-state index contributed by atoms with van der Waals surface area (Å²) in [6.45, 7) is 2.81. The molecule has 1 saturated heterocycles. The number of primary amides is 1. The molecular weight excluding hydrogens is 347 g/mol. The first-order valence-electron chi connectivity index (χ1n) is 8.69. The molecule has 0 aromatic carbocycles. The van der Waals surface area contributed by atoms with E-state index < -0.39 is 62.6 Å². The molecule has 0 saturated carbocycles. The lowest BCUT2D eigenvalue weighted by Crippen LogP contribution is -2.45. The van der Waals surface area contributed by atoms with Crippen LogP contribution in [0.3, 0.4) is 0 Å². The van der Waals surface area contributed by atoms with Crippen molar-refractivity contribution < 1.29 is 39.4 Å². The molecule has 0 aromatic rings. The second kappa shape index (κ2) is 9.11. The molecule has 1 fully saturated rings. The van der Waals surface area contributed by atoms with E-state index in [1.54, 1.807) is 0 Å². The Morgan fingerprint density at radius 2 is 1.77 bits per heavy atom. The third-order valence-electron chi connectivity index (χ3n) is 4.53. The van der Waals surface area contributed by atoms with Crippen LogP contribution in [0.15, 0.2) is 5.16 Å². The number of aliphatic hydroxyl groups excluding tert-OH is 4. The van der Waals surface area contributed by atoms with Gasteiger partial charge in [-0.2, -0.15) is 0 Å². The largest absolute Gasteiger partial charge is 0.467 e. The Kier molecular flexibility index (Phi) is 7.38. The average Bonchev–Trinajstić information content (AvgIpc) is 3.25. The van der Waals surface area contributed by atoms with Crippen LogP contribution in [0.2, 0.25) is 5.82 Å². The van der Waals surface area contributed by atoms with Gasteiger partial charge in [0.1, 0.15) is 12.2 Å². The van der Waals surface area contributed by atoms with Crippen LogP contribution in [0.25, 0.3) is 0 Å². The third kappa shape index (κ3) is 4.73. The molecule has 148 valence electrons. The van der Waals surface area contributed by atoms with E-state index in [9.17, 15) is 25.2 Å². The van der Waals surface area contributed by atoms with Crippen LogP contribution < -0.4 is 5.73 Å². The molecule has 11 heteroatoms. The van der Waals surface area contributed by atoms with Crippen molar-refractivity contribution in [1.29, 1.82) is 0 Å². The summed E-state index contributed by atoms with van der Waals surface area (Å²) in [6.07, 6.45) is -4.66. The molecule has 2 rings (SSSR count). The first kappa shape index (κ1) is 21.1. The zero-order valence-electron chi connectivity index (χ0n) is 14.9. The Morgan fingerprint density at radius 3 is 2.15 bits per heavy atom. The van der Waals surface area contributed by atoms with Crippen molar-refractivity contribution >= 4 is 18.7 Å². The van der Waals surface area contributed by atoms with Gasteiger partial charge in [0.2, 0.25) is 6.10 Å². The lowest BCUT2D eigenvalue weighted by Gasteiger charge is -2.24. The predicted molar refractivity (Wildman–Crippen MR) is 91.0 cm³/mol. The van der Waals surface area contributed by atoms with Crippen LogP contribution in [-0.2, 0) is 18.9 Å². The highest BCUT2D eigenvalue weighted by Gasteiger charge is 2.51. The number of carbonyl (C=O) groups is 1. The van der Waals surface area contributed by atoms with E-state index in [-0.39, 0.29) is 12.3 Å². The fourth-order valence-electron chi connectivity index (χ4n) is 3.19. The minimum atomic E-state index is -1.29. The summed E-state index contributed by atoms with van der Waals surface area (Å²) in [7, 11) is -0.885. The van der Waals surface area contributed by atoms with Crippen LogP contribution in [0.1, 0.15) is 26.7 Å². The van der Waals surface area contributed by atoms with Gasteiger partial charge < -0.3 is 40.3 Å². The van der Waals surface area contributed by atoms with Gasteiger partial charge >= 0.3 is 7.12 Å². The van der Waals surface area contributed by atoms with Crippen molar-refractivity contribution in [3.63, 3.8) is 0 Å². The molecule has 0 spiro atoms. The smallest absolute Gasteiger partial charge is 0.402 e. The number of nitrogens with two attached hydrogens (primary N) is 1. The van der Waals surface area contributed by atoms with Gasteiger partial charge in [0.15, 0.2) is 0 Å². The molecule has 2 aliphatic rings. The van der Waals surface area contributed by atoms with Crippen molar-refractivity contribution in [2.75, 3.05) is 13.2 Å². The fraction of sp³-hybridized carbons (Fsp3) is 0.867. The molecule has 6 atom stereocenters. The second-order valence-corrected chi connectivity index (χ2v) is 7.09. The maximum Gasteiger partial charge on any atom is 0.467 e. The molecule has 10 nitrogen and oxygen atoms in total. The molecule has 2 aliphatic heterocycles. The number of nitrogens with zero attached hydrogens (tertiary/aromatic N) is 1. The number of rotatable bonds is 9. The number of amides is 1. The van der Waals surface area contributed by atoms with Crippen LogP contribution in [0.4, 0.5) is 0 Å². The summed E-state index contributed by atoms with van der Waals surface area (Å²) < 4.78 is 11.5. The summed E-state index contributed by atoms with van der Waals surface area (Å²) in [5.41, 5.74) is 5.80. The van der Waals surface area contributed by atoms with E-state index in [0.29, 0.717) is 12.1 Å². The van der Waals surface area contributed by atoms with Gasteiger partial charge in [0.25, 0.3) is 5.91 Å². The monoisotopic (exact) mass is 374 g/mol. The Bertz CT molecular complexity index is 502. The van der Waals surface area contributed by atoms with Gasteiger partial charge in [-0.05, 0) is 12.3 Å². The van der Waals surface area contributed by atoms with Gasteiger partial charge in [-0.3, -0.25) is 4.79 Å². The number of aliphatic hydroxyl groups is 4. The minimum Gasteiger partial charge on any atom is -0.402 e. The van der Waals surface area contributed by atoms with Gasteiger partial charge in [0, 0.05) is 12.2 Å². The third-order valence-corrected chi connectivity index (χ3v) is 4.53. The highest BCUT2D eigenvalue weighted by molar-refractivity contribution is 6.53. The van der Waals surface area contributed by atoms with Crippen LogP contribution in [0, 0.1) is 5.92 Å². The molecule has 1 amide bonds. The zero-order chi connectivity index (χ0) is 19.4. The van der Waals surface area contributed by atoms with E-state index in [1.807, 2.05) is 13.8 Å². The van der Waals surface area contributed by atoms with Gasteiger partial charge in [-0.15, -0.1) is 0 Å². The van der Waals surface area contributed by atoms with Crippen LogP contribution in [0.5, 0.6) is 0 Å². The highest BCUT2D eigenvalue weighted by Crippen LogP contribution is 2.35. The quantitative estimate of drug-likeness (QED) is 0.290. The predicted octanol–water partition coefficient (Wildman–Crippen LogP) is -1.99. The van der Waals surface area contributed by atoms with E-state index in [2.05, 4.69) is 5.16 Å². The van der Waals surface area contributed by atoms with Crippen molar-refractivity contribution in [2.24, 2.45) is 16.8 Å². The average molecular weight is 374 g/mol. The Balaban J connectivity index is 2.18. The van der Waals surface area contributed by atoms with Crippen LogP contribution >= 0.6 is 0 Å². The number of oxime groups is 1. The maximum absolute atomic E-state index is 11.3. The molecule has 0 bridgehead atoms. The van der Waals surface area contributed by atoms with Gasteiger partial charge in [0.05, 0.1) is 31.1 Å². The topological polar surface area (TPSA) is 164 Å². The van der Waals surface area contributed by atoms with Crippen molar-refractivity contribution in [1.82, 2.24) is 0 Å². The summed E-state index contributed by atoms with van der Waals surface area (Å²) in [5.74, 6) is -0.795. The number of hydrogen-bond donors (Lipinski definition) is 5. The molecule has 0 radical (unpaired) electrons. The van der Waals surface area contributed by atoms with E-state index in [0.717, 1.165) is 0 Å². The first-order valence-corrected chi connectivity index (χ1v) is 8.69. The van der Waals surface area contributed by atoms with E-state index in [4.69, 9.17) is 19.9 Å². The molecule has 0 aliphatic carbocycles. The zero-order valence-corrected chi connectivity index (χ0v) is 14.9. The minimum absolute atomic E-state index is 0.205. The van der Waals surface area contributed by atoms with Gasteiger partial charge in [-0.25, -0.2) is 0 Å². The molecule has 6 N–H and O–H groups in total. The standard InChI is InChI=1S/C15H27BN2O8/c1-7(2)3-8(9-4-12(15(17)23)26-18-9)16-24-13(10(21)5-19)14(25-16)11(22)6-20/h7-8,10-14,19-22H,3-6H2,1-2H3,(H2,17,23)/t8-,10-,11-,12?,13-,14-/m1/s1. The van der Waals surface area contributed by atoms with Crippen molar-refractivity contribution in [3.8, 4) is 0 Å². The number of hydrogen-bond acceptors (Lipinski definition) is 9. The molecule has 26 heavy (non-hydrogen) atoms. The molecule has 1 unspecified atom stereocenters. The summed E-state index contributed by atoms with van der Waals surface area (Å²) >= 11 is 0. The summed E-state index contributed by atoms with van der Waals surface area (Å²) in [4.78, 5) is 16.4. The lowest BCUT2D eigenvalue weighted by atomic mass is 9.64. The van der Waals surface area contributed by atoms with Crippen LogP contribution in [-0.4, -0.2) is 82.9 Å². The first-order chi connectivity index (χ1) is 12.3. The van der Waals surface area contributed by atoms with E-state index in [1.165, 1.54) is 0 Å². The maximum atomic E-state index is 11.3. The Labute approximate surface area is 152 Å². The number of carbonyl (C=O) groups excluding carboxylic acids is 1. The Morgan fingerprint density at radius 1 is 1.23 bits per heavy atom. The normalized spacial score (nSPS) is 29.4. The van der Waals surface area contributed by atoms with E-state index >= 15 is 0 Å². The fourth-order valence-corrected chi connectivity index (χ4v) is 3.19. The SMILES string of the molecule is CC(C)C[C@@H](B1O[C@H]([C@H](O)CO)[C@@H]([C@H](O)CO)O1)C1=NOC(C(N)=O)C1. The molecular formula is C15H27BN2O8. The molecule has 2 heterocycles. The van der Waals surface area contributed by atoms with Gasteiger partial charge in [-0.1, -0.05) is 19.0 Å².